The predicted octanol–water partition coefficient (Wildman–Crippen LogP) is 2.49. The van der Waals surface area contributed by atoms with Gasteiger partial charge in [-0.2, -0.15) is 13.2 Å². The third kappa shape index (κ3) is 12.4. The molecule has 24 heavy (non-hydrogen) atoms. The monoisotopic (exact) mass is 354 g/mol. The lowest BCUT2D eigenvalue weighted by Gasteiger charge is -2.21. The summed E-state index contributed by atoms with van der Waals surface area (Å²) in [6.45, 7) is 9.91. The van der Waals surface area contributed by atoms with E-state index in [0.29, 0.717) is 38.1 Å². The molecule has 0 aliphatic heterocycles. The van der Waals surface area contributed by atoms with Gasteiger partial charge in [0.1, 0.15) is 0 Å². The van der Waals surface area contributed by atoms with Gasteiger partial charge in [-0.1, -0.05) is 13.8 Å². The second kappa shape index (κ2) is 12.4. The molecule has 0 amide bonds. The number of aliphatic imine (C=N–C) groups is 1. The molecule has 0 aromatic heterocycles. The topological polar surface area (TPSA) is 48.9 Å². The van der Waals surface area contributed by atoms with E-state index in [9.17, 15) is 13.2 Å². The highest BCUT2D eigenvalue weighted by Crippen LogP contribution is 2.15. The lowest BCUT2D eigenvalue weighted by Crippen LogP contribution is -2.42. The summed E-state index contributed by atoms with van der Waals surface area (Å²) in [5.41, 5.74) is 0. The summed E-state index contributed by atoms with van der Waals surface area (Å²) in [5.74, 6) is 1.05. The number of hydrogen-bond acceptors (Lipinski definition) is 3. The van der Waals surface area contributed by atoms with Gasteiger partial charge in [-0.3, -0.25) is 9.89 Å². The van der Waals surface area contributed by atoms with Crippen LogP contribution in [0.3, 0.4) is 0 Å². The van der Waals surface area contributed by atoms with Crippen LogP contribution in [0.15, 0.2) is 4.99 Å². The molecule has 0 aromatic carbocycles. The van der Waals surface area contributed by atoms with Crippen molar-refractivity contribution in [1.82, 2.24) is 15.5 Å². The molecule has 8 heteroatoms. The molecular weight excluding hydrogens is 321 g/mol. The van der Waals surface area contributed by atoms with E-state index in [0.717, 1.165) is 6.42 Å². The number of rotatable bonds is 11. The Morgan fingerprint density at radius 3 is 2.38 bits per heavy atom. The van der Waals surface area contributed by atoms with Crippen LogP contribution < -0.4 is 10.6 Å². The molecule has 0 saturated heterocycles. The second-order valence-electron chi connectivity index (χ2n) is 6.07. The molecule has 0 rings (SSSR count). The van der Waals surface area contributed by atoms with Crippen molar-refractivity contribution in [1.29, 1.82) is 0 Å². The number of halogens is 3. The summed E-state index contributed by atoms with van der Waals surface area (Å²) in [5, 5.41) is 6.16. The molecular formula is C16H33F3N4O. The van der Waals surface area contributed by atoms with E-state index < -0.39 is 12.7 Å². The Kier molecular flexibility index (Phi) is 11.8. The van der Waals surface area contributed by atoms with Gasteiger partial charge in [-0.15, -0.1) is 0 Å². The van der Waals surface area contributed by atoms with Crippen LogP contribution in [-0.2, 0) is 4.74 Å². The van der Waals surface area contributed by atoms with Crippen molar-refractivity contribution in [3.8, 4) is 0 Å². The maximum absolute atomic E-state index is 12.3. The lowest BCUT2D eigenvalue weighted by atomic mass is 10.0. The molecule has 1 unspecified atom stereocenters. The quantitative estimate of drug-likeness (QED) is 0.442. The molecule has 0 bridgehead atoms. The van der Waals surface area contributed by atoms with Crippen LogP contribution in [0.2, 0.25) is 0 Å². The molecule has 0 heterocycles. The summed E-state index contributed by atoms with van der Waals surface area (Å²) >= 11 is 0. The number of nitrogens with one attached hydrogen (secondary N) is 2. The first-order valence-electron chi connectivity index (χ1n) is 8.58. The zero-order valence-corrected chi connectivity index (χ0v) is 15.5. The maximum Gasteiger partial charge on any atom is 0.401 e. The summed E-state index contributed by atoms with van der Waals surface area (Å²) in [6.07, 6.45) is -3.19. The van der Waals surface area contributed by atoms with Gasteiger partial charge in [-0.25, -0.2) is 0 Å². The first kappa shape index (κ1) is 23.0. The van der Waals surface area contributed by atoms with Crippen molar-refractivity contribution < 1.29 is 17.9 Å². The SMILES string of the molecule is CCNC(=NCCC(OCC)C(C)C)NCCN(C)CC(F)(F)F. The van der Waals surface area contributed by atoms with Crippen LogP contribution in [0.5, 0.6) is 0 Å². The number of nitrogens with zero attached hydrogens (tertiary/aromatic N) is 2. The highest BCUT2D eigenvalue weighted by atomic mass is 19.4. The van der Waals surface area contributed by atoms with Crippen LogP contribution in [0.1, 0.15) is 34.1 Å². The third-order valence-electron chi connectivity index (χ3n) is 3.39. The summed E-state index contributed by atoms with van der Waals surface area (Å²) in [6, 6.07) is 0. The fraction of sp³-hybridized carbons (Fsp3) is 0.938. The average molecular weight is 354 g/mol. The summed E-state index contributed by atoms with van der Waals surface area (Å²) in [4.78, 5) is 5.70. The van der Waals surface area contributed by atoms with Crippen LogP contribution in [0.4, 0.5) is 13.2 Å². The van der Waals surface area contributed by atoms with E-state index in [1.165, 1.54) is 11.9 Å². The molecule has 1 atom stereocenters. The molecule has 0 aliphatic rings. The second-order valence-corrected chi connectivity index (χ2v) is 6.07. The number of likely N-dealkylation sites (N-methyl/N-ethyl adjacent to an activating group) is 1. The van der Waals surface area contributed by atoms with Gasteiger partial charge in [0.25, 0.3) is 0 Å². The van der Waals surface area contributed by atoms with Gasteiger partial charge in [0.15, 0.2) is 5.96 Å². The van der Waals surface area contributed by atoms with E-state index in [2.05, 4.69) is 29.5 Å². The highest BCUT2D eigenvalue weighted by Gasteiger charge is 2.28. The first-order chi connectivity index (χ1) is 11.2. The summed E-state index contributed by atoms with van der Waals surface area (Å²) in [7, 11) is 1.45. The number of hydrogen-bond donors (Lipinski definition) is 2. The van der Waals surface area contributed by atoms with Crippen molar-refractivity contribution in [3.63, 3.8) is 0 Å². The van der Waals surface area contributed by atoms with Crippen LogP contribution in [-0.4, -0.2) is 69.5 Å². The number of guanidine groups is 1. The fourth-order valence-electron chi connectivity index (χ4n) is 2.22. The van der Waals surface area contributed by atoms with Crippen LogP contribution in [0.25, 0.3) is 0 Å². The Bertz CT molecular complexity index is 349. The Hall–Kier alpha value is -1.02. The van der Waals surface area contributed by atoms with Crippen molar-refractivity contribution in [2.45, 2.75) is 46.4 Å². The Balaban J connectivity index is 4.27. The molecule has 0 spiro atoms. The molecule has 0 radical (unpaired) electrons. The molecule has 0 aliphatic carbocycles. The summed E-state index contributed by atoms with van der Waals surface area (Å²) < 4.78 is 42.5. The van der Waals surface area contributed by atoms with Gasteiger partial charge in [-0.05, 0) is 33.2 Å². The Morgan fingerprint density at radius 1 is 1.21 bits per heavy atom. The number of ether oxygens (including phenoxy) is 1. The Morgan fingerprint density at radius 2 is 1.88 bits per heavy atom. The van der Waals surface area contributed by atoms with E-state index >= 15 is 0 Å². The van der Waals surface area contributed by atoms with Crippen molar-refractivity contribution in [2.24, 2.45) is 10.9 Å². The van der Waals surface area contributed by atoms with Crippen LogP contribution >= 0.6 is 0 Å². The van der Waals surface area contributed by atoms with E-state index in [-0.39, 0.29) is 12.6 Å². The van der Waals surface area contributed by atoms with Crippen molar-refractivity contribution in [2.75, 3.05) is 46.4 Å². The zero-order valence-electron chi connectivity index (χ0n) is 15.5. The van der Waals surface area contributed by atoms with Gasteiger partial charge < -0.3 is 15.4 Å². The van der Waals surface area contributed by atoms with Gasteiger partial charge in [0.2, 0.25) is 0 Å². The van der Waals surface area contributed by atoms with Gasteiger partial charge >= 0.3 is 6.18 Å². The third-order valence-corrected chi connectivity index (χ3v) is 3.39. The minimum Gasteiger partial charge on any atom is -0.378 e. The van der Waals surface area contributed by atoms with Crippen molar-refractivity contribution in [3.05, 3.63) is 0 Å². The normalized spacial score (nSPS) is 14.3. The standard InChI is InChI=1S/C16H33F3N4O/c1-6-20-15(21-9-8-14(13(3)4)24-7-2)22-10-11-23(5)12-16(17,18)19/h13-14H,6-12H2,1-5H3,(H2,20,21,22). The maximum atomic E-state index is 12.3. The largest absolute Gasteiger partial charge is 0.401 e. The van der Waals surface area contributed by atoms with E-state index in [1.54, 1.807) is 0 Å². The molecule has 0 aromatic rings. The molecule has 0 fully saturated rings. The molecule has 2 N–H and O–H groups in total. The lowest BCUT2D eigenvalue weighted by molar-refractivity contribution is -0.142. The highest BCUT2D eigenvalue weighted by molar-refractivity contribution is 5.79. The fourth-order valence-corrected chi connectivity index (χ4v) is 2.22. The van der Waals surface area contributed by atoms with Crippen LogP contribution in [0, 0.1) is 5.92 Å². The zero-order chi connectivity index (χ0) is 18.6. The molecule has 0 saturated carbocycles. The van der Waals surface area contributed by atoms with E-state index in [4.69, 9.17) is 4.74 Å². The Labute approximate surface area is 144 Å². The smallest absolute Gasteiger partial charge is 0.378 e. The predicted molar refractivity (Wildman–Crippen MR) is 92.4 cm³/mol. The van der Waals surface area contributed by atoms with Gasteiger partial charge in [0, 0.05) is 32.8 Å². The minimum atomic E-state index is -4.17. The molecule has 144 valence electrons. The van der Waals surface area contributed by atoms with E-state index in [1.807, 2.05) is 13.8 Å². The molecule has 5 nitrogen and oxygen atoms in total. The number of alkyl halides is 3. The first-order valence-corrected chi connectivity index (χ1v) is 8.58. The van der Waals surface area contributed by atoms with Gasteiger partial charge in [0.05, 0.1) is 12.6 Å². The van der Waals surface area contributed by atoms with Crippen molar-refractivity contribution >= 4 is 5.96 Å². The minimum absolute atomic E-state index is 0.166. The average Bonchev–Trinajstić information content (AvgIpc) is 2.44.